The van der Waals surface area contributed by atoms with Gasteiger partial charge in [0.25, 0.3) is 5.22 Å². The number of nitrogens with two attached hydrogens (primary N) is 1. The van der Waals surface area contributed by atoms with Gasteiger partial charge in [0.05, 0.1) is 7.11 Å². The molecule has 0 aliphatic carbocycles. The Morgan fingerprint density at radius 1 is 1.65 bits per heavy atom. The Morgan fingerprint density at radius 2 is 2.29 bits per heavy atom. The molecule has 0 radical (unpaired) electrons. The lowest BCUT2D eigenvalue weighted by molar-refractivity contribution is -0.146. The highest BCUT2D eigenvalue weighted by molar-refractivity contribution is 7.99. The molecule has 0 spiro atoms. The number of aryl methyl sites for hydroxylation is 1. The van der Waals surface area contributed by atoms with E-state index < -0.39 is 11.5 Å². The summed E-state index contributed by atoms with van der Waals surface area (Å²) >= 11 is 1.39. The molecule has 1 heterocycles. The van der Waals surface area contributed by atoms with Crippen LogP contribution in [-0.2, 0) is 9.53 Å². The molecule has 17 heavy (non-hydrogen) atoms. The molecule has 0 aliphatic heterocycles. The van der Waals surface area contributed by atoms with Crippen molar-refractivity contribution in [1.82, 2.24) is 10.2 Å². The summed E-state index contributed by atoms with van der Waals surface area (Å²) in [5.74, 6) is 0.0924. The van der Waals surface area contributed by atoms with Crippen molar-refractivity contribution < 1.29 is 13.9 Å². The summed E-state index contributed by atoms with van der Waals surface area (Å²) in [6.45, 7) is 5.32. The van der Waals surface area contributed by atoms with Crippen LogP contribution in [0.3, 0.4) is 0 Å². The topological polar surface area (TPSA) is 91.2 Å². The normalized spacial score (nSPS) is 16.3. The summed E-state index contributed by atoms with van der Waals surface area (Å²) in [7, 11) is 1.33. The number of methoxy groups -OCH3 is 1. The first kappa shape index (κ1) is 14.0. The van der Waals surface area contributed by atoms with Crippen LogP contribution in [0.5, 0.6) is 0 Å². The van der Waals surface area contributed by atoms with Crippen molar-refractivity contribution >= 4 is 17.7 Å². The SMILES string of the molecule is COC(=O)C(C)(N)CC(C)Sc1nnc(C)o1. The Hall–Kier alpha value is -1.08. The quantitative estimate of drug-likeness (QED) is 0.626. The lowest BCUT2D eigenvalue weighted by atomic mass is 9.98. The van der Waals surface area contributed by atoms with Gasteiger partial charge >= 0.3 is 5.97 Å². The summed E-state index contributed by atoms with van der Waals surface area (Å²) in [5.41, 5.74) is 4.87. The number of esters is 1. The lowest BCUT2D eigenvalue weighted by Crippen LogP contribution is -2.47. The molecule has 1 aromatic heterocycles. The molecule has 2 atom stereocenters. The van der Waals surface area contributed by atoms with Crippen LogP contribution in [-0.4, -0.2) is 34.1 Å². The van der Waals surface area contributed by atoms with Crippen LogP contribution in [0, 0.1) is 6.92 Å². The largest absolute Gasteiger partial charge is 0.468 e. The molecule has 1 rings (SSSR count). The first-order chi connectivity index (χ1) is 7.85. The average molecular weight is 259 g/mol. The zero-order chi connectivity index (χ0) is 13.1. The number of hydrogen-bond acceptors (Lipinski definition) is 7. The zero-order valence-corrected chi connectivity index (χ0v) is 11.2. The van der Waals surface area contributed by atoms with Gasteiger partial charge in [0.15, 0.2) is 0 Å². The molecule has 1 aromatic rings. The van der Waals surface area contributed by atoms with Gasteiger partial charge in [-0.05, 0) is 13.3 Å². The molecule has 0 fully saturated rings. The lowest BCUT2D eigenvalue weighted by Gasteiger charge is -2.23. The van der Waals surface area contributed by atoms with Crippen molar-refractivity contribution in [3.63, 3.8) is 0 Å². The van der Waals surface area contributed by atoms with Crippen molar-refractivity contribution in [2.75, 3.05) is 7.11 Å². The number of ether oxygens (including phenoxy) is 1. The zero-order valence-electron chi connectivity index (χ0n) is 10.4. The number of aromatic nitrogens is 2. The third-order valence-corrected chi connectivity index (χ3v) is 3.11. The van der Waals surface area contributed by atoms with Crippen LogP contribution in [0.2, 0.25) is 0 Å². The Labute approximate surface area is 104 Å². The van der Waals surface area contributed by atoms with E-state index in [9.17, 15) is 4.79 Å². The summed E-state index contributed by atoms with van der Waals surface area (Å²) in [5, 5.41) is 8.15. The van der Waals surface area contributed by atoms with E-state index in [1.807, 2.05) is 6.92 Å². The second-order valence-electron chi connectivity index (χ2n) is 4.13. The highest BCUT2D eigenvalue weighted by Crippen LogP contribution is 2.27. The van der Waals surface area contributed by atoms with Crippen molar-refractivity contribution in [2.45, 2.75) is 43.2 Å². The molecule has 0 amide bonds. The number of carbonyl (C=O) groups excluding carboxylic acids is 1. The van der Waals surface area contributed by atoms with Gasteiger partial charge in [-0.2, -0.15) is 0 Å². The molecule has 96 valence electrons. The van der Waals surface area contributed by atoms with E-state index in [2.05, 4.69) is 14.9 Å². The Morgan fingerprint density at radius 3 is 2.76 bits per heavy atom. The third-order valence-electron chi connectivity index (χ3n) is 2.17. The number of carbonyl (C=O) groups is 1. The molecule has 0 bridgehead atoms. The van der Waals surface area contributed by atoms with Crippen molar-refractivity contribution in [3.8, 4) is 0 Å². The van der Waals surface area contributed by atoms with E-state index in [0.717, 1.165) is 0 Å². The molecular formula is C10H17N3O3S. The molecule has 0 saturated carbocycles. The highest BCUT2D eigenvalue weighted by atomic mass is 32.2. The van der Waals surface area contributed by atoms with Crippen LogP contribution in [0.4, 0.5) is 0 Å². The van der Waals surface area contributed by atoms with Gasteiger partial charge in [-0.3, -0.25) is 4.79 Å². The summed E-state index contributed by atoms with van der Waals surface area (Å²) < 4.78 is 9.88. The van der Waals surface area contributed by atoms with Gasteiger partial charge in [0, 0.05) is 12.2 Å². The van der Waals surface area contributed by atoms with Crippen molar-refractivity contribution in [2.24, 2.45) is 5.73 Å². The number of rotatable bonds is 5. The highest BCUT2D eigenvalue weighted by Gasteiger charge is 2.32. The molecule has 0 aromatic carbocycles. The Bertz CT molecular complexity index is 392. The van der Waals surface area contributed by atoms with E-state index in [1.165, 1.54) is 18.9 Å². The molecule has 0 saturated heterocycles. The monoisotopic (exact) mass is 259 g/mol. The van der Waals surface area contributed by atoms with Crippen LogP contribution in [0.1, 0.15) is 26.2 Å². The maximum absolute atomic E-state index is 11.4. The fourth-order valence-electron chi connectivity index (χ4n) is 1.45. The van der Waals surface area contributed by atoms with E-state index in [-0.39, 0.29) is 5.25 Å². The Kier molecular flexibility index (Phi) is 4.53. The molecule has 7 heteroatoms. The minimum absolute atomic E-state index is 0.0731. The van der Waals surface area contributed by atoms with Gasteiger partial charge < -0.3 is 14.9 Å². The second kappa shape index (κ2) is 5.50. The number of hydrogen-bond donors (Lipinski definition) is 1. The molecule has 2 N–H and O–H groups in total. The van der Waals surface area contributed by atoms with E-state index >= 15 is 0 Å². The van der Waals surface area contributed by atoms with Crippen molar-refractivity contribution in [3.05, 3.63) is 5.89 Å². The fraction of sp³-hybridized carbons (Fsp3) is 0.700. The van der Waals surface area contributed by atoms with Crippen LogP contribution in [0.15, 0.2) is 9.64 Å². The second-order valence-corrected chi connectivity index (χ2v) is 5.52. The molecule has 6 nitrogen and oxygen atoms in total. The minimum atomic E-state index is -1.00. The smallest absolute Gasteiger partial charge is 0.325 e. The third kappa shape index (κ3) is 4.01. The number of thioether (sulfide) groups is 1. The molecule has 2 unspecified atom stereocenters. The summed E-state index contributed by atoms with van der Waals surface area (Å²) in [4.78, 5) is 11.4. The first-order valence-corrected chi connectivity index (χ1v) is 6.07. The van der Waals surface area contributed by atoms with E-state index in [1.54, 1.807) is 13.8 Å². The summed E-state index contributed by atoms with van der Waals surface area (Å²) in [6, 6.07) is 0. The Balaban J connectivity index is 2.54. The molecule has 0 aliphatic rings. The average Bonchev–Trinajstić information content (AvgIpc) is 2.61. The van der Waals surface area contributed by atoms with Gasteiger partial charge in [0.2, 0.25) is 5.89 Å². The predicted octanol–water partition coefficient (Wildman–Crippen LogP) is 1.14. The first-order valence-electron chi connectivity index (χ1n) is 5.19. The minimum Gasteiger partial charge on any atom is -0.468 e. The van der Waals surface area contributed by atoms with Gasteiger partial charge in [0.1, 0.15) is 5.54 Å². The van der Waals surface area contributed by atoms with Gasteiger partial charge in [-0.25, -0.2) is 0 Å². The van der Waals surface area contributed by atoms with Crippen LogP contribution >= 0.6 is 11.8 Å². The van der Waals surface area contributed by atoms with Crippen molar-refractivity contribution in [1.29, 1.82) is 0 Å². The van der Waals surface area contributed by atoms with Crippen LogP contribution in [0.25, 0.3) is 0 Å². The standard InChI is InChI=1S/C10H17N3O3S/c1-6(5-10(3,11)8(14)15-4)17-9-13-12-7(2)16-9/h6H,5,11H2,1-4H3. The van der Waals surface area contributed by atoms with E-state index in [0.29, 0.717) is 17.5 Å². The maximum atomic E-state index is 11.4. The summed E-state index contributed by atoms with van der Waals surface area (Å²) in [6.07, 6.45) is 0.464. The predicted molar refractivity (Wildman–Crippen MR) is 63.6 cm³/mol. The van der Waals surface area contributed by atoms with Gasteiger partial charge in [-0.1, -0.05) is 18.7 Å². The van der Waals surface area contributed by atoms with E-state index in [4.69, 9.17) is 10.2 Å². The molecular weight excluding hydrogens is 242 g/mol. The maximum Gasteiger partial charge on any atom is 0.325 e. The number of nitrogens with zero attached hydrogens (tertiary/aromatic N) is 2. The van der Waals surface area contributed by atoms with Gasteiger partial charge in [-0.15, -0.1) is 10.2 Å². The van der Waals surface area contributed by atoms with Crippen LogP contribution < -0.4 is 5.73 Å². The fourth-order valence-corrected chi connectivity index (χ4v) is 2.48.